The molecule has 2 aromatic rings. The van der Waals surface area contributed by atoms with Crippen molar-refractivity contribution in [3.63, 3.8) is 0 Å². The van der Waals surface area contributed by atoms with Gasteiger partial charge in [-0.2, -0.15) is 0 Å². The molecule has 1 aliphatic rings. The monoisotopic (exact) mass is 343 g/mol. The molecule has 3 rings (SSSR count). The third-order valence-corrected chi connectivity index (χ3v) is 4.63. The van der Waals surface area contributed by atoms with Crippen molar-refractivity contribution in [2.75, 3.05) is 23.3 Å². The van der Waals surface area contributed by atoms with E-state index in [0.29, 0.717) is 10.7 Å². The van der Waals surface area contributed by atoms with E-state index >= 15 is 0 Å². The molecule has 4 nitrogen and oxygen atoms in total. The molecular weight excluding hydrogens is 322 g/mol. The van der Waals surface area contributed by atoms with Crippen molar-refractivity contribution in [3.05, 3.63) is 52.8 Å². The number of nitrogens with zero attached hydrogens (tertiary/aromatic N) is 2. The fourth-order valence-electron chi connectivity index (χ4n) is 2.98. The fraction of sp³-hybridized carbons (Fsp3) is 0.368. The van der Waals surface area contributed by atoms with Crippen LogP contribution in [0.25, 0.3) is 0 Å². The van der Waals surface area contributed by atoms with Gasteiger partial charge < -0.3 is 10.2 Å². The van der Waals surface area contributed by atoms with Crippen molar-refractivity contribution in [3.8, 4) is 0 Å². The molecule has 0 bridgehead atoms. The van der Waals surface area contributed by atoms with E-state index in [-0.39, 0.29) is 5.91 Å². The molecular formula is C19H22ClN3O. The second-order valence-corrected chi connectivity index (χ2v) is 6.65. The predicted octanol–water partition coefficient (Wildman–Crippen LogP) is 4.68. The lowest BCUT2D eigenvalue weighted by Gasteiger charge is -2.22. The first kappa shape index (κ1) is 16.8. The van der Waals surface area contributed by atoms with Gasteiger partial charge in [0.1, 0.15) is 5.69 Å². The van der Waals surface area contributed by atoms with Crippen molar-refractivity contribution in [2.45, 2.75) is 32.6 Å². The normalized spacial score (nSPS) is 15.0. The van der Waals surface area contributed by atoms with Gasteiger partial charge in [0.05, 0.1) is 0 Å². The molecule has 0 spiro atoms. The van der Waals surface area contributed by atoms with Gasteiger partial charge in [-0.15, -0.1) is 0 Å². The summed E-state index contributed by atoms with van der Waals surface area (Å²) in [6.45, 7) is 4.02. The molecule has 2 heterocycles. The summed E-state index contributed by atoms with van der Waals surface area (Å²) in [6.07, 6.45) is 6.67. The molecule has 1 aromatic carbocycles. The van der Waals surface area contributed by atoms with Crippen LogP contribution in [0.2, 0.25) is 5.02 Å². The van der Waals surface area contributed by atoms with Gasteiger partial charge in [0, 0.05) is 35.7 Å². The minimum absolute atomic E-state index is 0.211. The van der Waals surface area contributed by atoms with Gasteiger partial charge in [-0.25, -0.2) is 0 Å². The fourth-order valence-corrected chi connectivity index (χ4v) is 3.16. The van der Waals surface area contributed by atoms with E-state index in [1.54, 1.807) is 12.3 Å². The van der Waals surface area contributed by atoms with Crippen LogP contribution in [0.4, 0.5) is 11.4 Å². The molecule has 1 amide bonds. The molecule has 126 valence electrons. The summed E-state index contributed by atoms with van der Waals surface area (Å²) >= 11 is 6.01. The average Bonchev–Trinajstić information content (AvgIpc) is 2.87. The van der Waals surface area contributed by atoms with Gasteiger partial charge in [-0.3, -0.25) is 9.78 Å². The lowest BCUT2D eigenvalue weighted by Crippen LogP contribution is -2.24. The molecule has 0 radical (unpaired) electrons. The molecule has 1 aromatic heterocycles. The number of hydrogen-bond donors (Lipinski definition) is 1. The Kier molecular flexibility index (Phi) is 5.36. The maximum absolute atomic E-state index is 12.5. The summed E-state index contributed by atoms with van der Waals surface area (Å²) in [5.41, 5.74) is 3.18. The number of carbonyl (C=O) groups excluding carboxylic acids is 1. The molecule has 0 aliphatic carbocycles. The van der Waals surface area contributed by atoms with Crippen molar-refractivity contribution < 1.29 is 4.79 Å². The molecule has 1 saturated heterocycles. The highest BCUT2D eigenvalue weighted by Gasteiger charge is 2.14. The highest BCUT2D eigenvalue weighted by Crippen LogP contribution is 2.22. The molecule has 0 unspecified atom stereocenters. The average molecular weight is 344 g/mol. The zero-order valence-electron chi connectivity index (χ0n) is 13.9. The van der Waals surface area contributed by atoms with Crippen LogP contribution in [0.15, 0.2) is 36.5 Å². The van der Waals surface area contributed by atoms with E-state index in [1.165, 1.54) is 25.7 Å². The Morgan fingerprint density at radius 2 is 1.88 bits per heavy atom. The van der Waals surface area contributed by atoms with E-state index in [0.717, 1.165) is 30.0 Å². The third kappa shape index (κ3) is 4.06. The first-order valence-electron chi connectivity index (χ1n) is 8.42. The Labute approximate surface area is 147 Å². The van der Waals surface area contributed by atoms with Crippen LogP contribution in [0.3, 0.4) is 0 Å². The van der Waals surface area contributed by atoms with E-state index in [1.807, 2.05) is 31.2 Å². The zero-order chi connectivity index (χ0) is 16.9. The topological polar surface area (TPSA) is 45.2 Å². The number of anilines is 2. The Hall–Kier alpha value is -2.07. The van der Waals surface area contributed by atoms with Crippen molar-refractivity contribution in [1.29, 1.82) is 0 Å². The number of pyridine rings is 1. The predicted molar refractivity (Wildman–Crippen MR) is 99.1 cm³/mol. The van der Waals surface area contributed by atoms with Crippen LogP contribution >= 0.6 is 11.6 Å². The van der Waals surface area contributed by atoms with Gasteiger partial charge in [0.15, 0.2) is 0 Å². The number of amides is 1. The van der Waals surface area contributed by atoms with Gasteiger partial charge in [-0.1, -0.05) is 30.5 Å². The lowest BCUT2D eigenvalue weighted by atomic mass is 10.2. The minimum Gasteiger partial charge on any atom is -0.371 e. The molecule has 0 atom stereocenters. The maximum Gasteiger partial charge on any atom is 0.274 e. The molecule has 5 heteroatoms. The van der Waals surface area contributed by atoms with Gasteiger partial charge >= 0.3 is 0 Å². The Morgan fingerprint density at radius 1 is 1.12 bits per heavy atom. The van der Waals surface area contributed by atoms with Crippen molar-refractivity contribution in [1.82, 2.24) is 4.98 Å². The highest BCUT2D eigenvalue weighted by molar-refractivity contribution is 6.31. The van der Waals surface area contributed by atoms with E-state index in [2.05, 4.69) is 15.2 Å². The quantitative estimate of drug-likeness (QED) is 0.880. The number of carbonyl (C=O) groups is 1. The molecule has 1 N–H and O–H groups in total. The largest absolute Gasteiger partial charge is 0.371 e. The highest BCUT2D eigenvalue weighted by atomic mass is 35.5. The van der Waals surface area contributed by atoms with Crippen molar-refractivity contribution in [2.24, 2.45) is 0 Å². The standard InChI is InChI=1S/C19H22ClN3O/c1-14-6-7-15(20)12-17(14)22-19(24)18-13-16(8-9-21-18)23-10-4-2-3-5-11-23/h6-9,12-13H,2-5,10-11H2,1H3,(H,22,24). The summed E-state index contributed by atoms with van der Waals surface area (Å²) in [5.74, 6) is -0.211. The number of nitrogens with one attached hydrogen (secondary N) is 1. The minimum atomic E-state index is -0.211. The first-order chi connectivity index (χ1) is 11.6. The van der Waals surface area contributed by atoms with Crippen LogP contribution in [0.5, 0.6) is 0 Å². The molecule has 1 aliphatic heterocycles. The number of hydrogen-bond acceptors (Lipinski definition) is 3. The van der Waals surface area contributed by atoms with Gasteiger partial charge in [0.2, 0.25) is 0 Å². The van der Waals surface area contributed by atoms with Crippen LogP contribution < -0.4 is 10.2 Å². The van der Waals surface area contributed by atoms with Crippen LogP contribution in [-0.2, 0) is 0 Å². The maximum atomic E-state index is 12.5. The molecule has 1 fully saturated rings. The SMILES string of the molecule is Cc1ccc(Cl)cc1NC(=O)c1cc(N2CCCCCC2)ccn1. The van der Waals surface area contributed by atoms with Crippen LogP contribution in [0, 0.1) is 6.92 Å². The zero-order valence-corrected chi connectivity index (χ0v) is 14.6. The third-order valence-electron chi connectivity index (χ3n) is 4.40. The lowest BCUT2D eigenvalue weighted by molar-refractivity contribution is 0.102. The summed E-state index contributed by atoms with van der Waals surface area (Å²) in [5, 5.41) is 3.50. The number of benzene rings is 1. The van der Waals surface area contributed by atoms with E-state index in [9.17, 15) is 4.79 Å². The summed E-state index contributed by atoms with van der Waals surface area (Å²) in [6, 6.07) is 9.31. The Bertz CT molecular complexity index is 724. The van der Waals surface area contributed by atoms with Gasteiger partial charge in [-0.05, 0) is 49.6 Å². The Morgan fingerprint density at radius 3 is 2.62 bits per heavy atom. The second kappa shape index (κ2) is 7.67. The summed E-state index contributed by atoms with van der Waals surface area (Å²) in [7, 11) is 0. The molecule has 0 saturated carbocycles. The second-order valence-electron chi connectivity index (χ2n) is 6.21. The smallest absolute Gasteiger partial charge is 0.274 e. The van der Waals surface area contributed by atoms with E-state index in [4.69, 9.17) is 11.6 Å². The number of halogens is 1. The Balaban J connectivity index is 1.77. The number of aryl methyl sites for hydroxylation is 1. The molecule has 24 heavy (non-hydrogen) atoms. The summed E-state index contributed by atoms with van der Waals surface area (Å²) in [4.78, 5) is 19.1. The van der Waals surface area contributed by atoms with Crippen LogP contribution in [-0.4, -0.2) is 24.0 Å². The van der Waals surface area contributed by atoms with E-state index < -0.39 is 0 Å². The first-order valence-corrected chi connectivity index (χ1v) is 8.80. The number of aromatic nitrogens is 1. The van der Waals surface area contributed by atoms with Crippen molar-refractivity contribution >= 4 is 28.9 Å². The number of rotatable bonds is 3. The van der Waals surface area contributed by atoms with Gasteiger partial charge in [0.25, 0.3) is 5.91 Å². The summed E-state index contributed by atoms with van der Waals surface area (Å²) < 4.78 is 0. The van der Waals surface area contributed by atoms with Crippen LogP contribution in [0.1, 0.15) is 41.7 Å².